The summed E-state index contributed by atoms with van der Waals surface area (Å²) in [5.41, 5.74) is 4.26. The van der Waals surface area contributed by atoms with Crippen LogP contribution in [0.15, 0.2) is 70.6 Å². The maximum atomic E-state index is 12.0. The predicted octanol–water partition coefficient (Wildman–Crippen LogP) is 2.70. The molecule has 0 atom stereocenters. The molecule has 1 heterocycles. The zero-order valence-corrected chi connectivity index (χ0v) is 15.7. The third kappa shape index (κ3) is 5.75. The van der Waals surface area contributed by atoms with E-state index in [0.717, 1.165) is 11.1 Å². The monoisotopic (exact) mass is 394 g/mol. The normalized spacial score (nSPS) is 10.7. The minimum absolute atomic E-state index is 0.0446. The van der Waals surface area contributed by atoms with Crippen molar-refractivity contribution in [2.24, 2.45) is 5.10 Å². The van der Waals surface area contributed by atoms with Gasteiger partial charge in [0.05, 0.1) is 12.6 Å². The van der Waals surface area contributed by atoms with Crippen LogP contribution in [0.25, 0.3) is 0 Å². The number of carbonyl (C=O) groups excluding carboxylic acids is 1. The van der Waals surface area contributed by atoms with E-state index in [2.05, 4.69) is 20.5 Å². The predicted molar refractivity (Wildman–Crippen MR) is 109 cm³/mol. The lowest BCUT2D eigenvalue weighted by Crippen LogP contribution is -2.21. The van der Waals surface area contributed by atoms with Crippen LogP contribution >= 0.6 is 12.2 Å². The minimum atomic E-state index is -0.379. The highest BCUT2D eigenvalue weighted by atomic mass is 32.1. The number of ether oxygens (including phenoxy) is 1. The number of aromatic amines is 2. The van der Waals surface area contributed by atoms with Crippen molar-refractivity contribution >= 4 is 24.3 Å². The van der Waals surface area contributed by atoms with Gasteiger partial charge in [-0.15, -0.1) is 0 Å². The van der Waals surface area contributed by atoms with Gasteiger partial charge in [0.2, 0.25) is 5.91 Å². The Kier molecular flexibility index (Phi) is 6.48. The molecule has 0 fully saturated rings. The fourth-order valence-corrected chi connectivity index (χ4v) is 2.69. The second kappa shape index (κ2) is 9.43. The van der Waals surface area contributed by atoms with E-state index in [1.165, 1.54) is 12.3 Å². The van der Waals surface area contributed by atoms with E-state index < -0.39 is 0 Å². The lowest BCUT2D eigenvalue weighted by atomic mass is 10.2. The van der Waals surface area contributed by atoms with Crippen LogP contribution in [0.5, 0.6) is 5.75 Å². The first-order valence-corrected chi connectivity index (χ1v) is 8.91. The number of hydrogen-bond acceptors (Lipinski definition) is 5. The van der Waals surface area contributed by atoms with Gasteiger partial charge in [-0.2, -0.15) is 5.10 Å². The van der Waals surface area contributed by atoms with Crippen molar-refractivity contribution in [2.45, 2.75) is 13.0 Å². The Morgan fingerprint density at radius 2 is 1.86 bits per heavy atom. The first-order chi connectivity index (χ1) is 13.6. The summed E-state index contributed by atoms with van der Waals surface area (Å²) in [5, 5.41) is 3.97. The summed E-state index contributed by atoms with van der Waals surface area (Å²) in [4.78, 5) is 28.5. The molecule has 7 nitrogen and oxygen atoms in total. The fourth-order valence-electron chi connectivity index (χ4n) is 2.45. The summed E-state index contributed by atoms with van der Waals surface area (Å²) in [7, 11) is 0. The molecular formula is C20H18N4O3S. The van der Waals surface area contributed by atoms with Crippen molar-refractivity contribution in [2.75, 3.05) is 0 Å². The molecule has 0 spiro atoms. The molecule has 0 aliphatic heterocycles. The van der Waals surface area contributed by atoms with Crippen LogP contribution in [-0.4, -0.2) is 22.1 Å². The van der Waals surface area contributed by atoms with Gasteiger partial charge in [0.25, 0.3) is 5.56 Å². The summed E-state index contributed by atoms with van der Waals surface area (Å²) in [6, 6.07) is 18.5. The van der Waals surface area contributed by atoms with Crippen molar-refractivity contribution in [1.29, 1.82) is 0 Å². The largest absolute Gasteiger partial charge is 0.488 e. The highest BCUT2D eigenvalue weighted by Crippen LogP contribution is 2.17. The Morgan fingerprint density at radius 1 is 1.11 bits per heavy atom. The standard InChI is InChI=1S/C20H18N4O3S/c25-18-10-16(22-20(28)23-18)11-19(26)24-21-12-15-8-4-5-9-17(15)27-13-14-6-2-1-3-7-14/h1-10,12H,11,13H2,(H,24,26)(H2,22,23,25,28)/b21-12-. The molecule has 142 valence electrons. The molecule has 28 heavy (non-hydrogen) atoms. The molecule has 3 rings (SSSR count). The highest BCUT2D eigenvalue weighted by molar-refractivity contribution is 7.71. The van der Waals surface area contributed by atoms with E-state index in [1.54, 1.807) is 0 Å². The molecule has 0 unspecified atom stereocenters. The van der Waals surface area contributed by atoms with E-state index in [1.807, 2.05) is 54.6 Å². The Labute approximate surface area is 166 Å². The summed E-state index contributed by atoms with van der Waals surface area (Å²) in [5.74, 6) is 0.276. The molecule has 3 N–H and O–H groups in total. The van der Waals surface area contributed by atoms with E-state index in [4.69, 9.17) is 17.0 Å². The van der Waals surface area contributed by atoms with Gasteiger partial charge in [0.1, 0.15) is 12.4 Å². The first kappa shape index (κ1) is 19.2. The van der Waals surface area contributed by atoms with Crippen LogP contribution in [-0.2, 0) is 17.8 Å². The number of nitrogens with zero attached hydrogens (tertiary/aromatic N) is 1. The van der Waals surface area contributed by atoms with Gasteiger partial charge >= 0.3 is 0 Å². The third-order valence-corrected chi connectivity index (χ3v) is 3.92. The van der Waals surface area contributed by atoms with Gasteiger partial charge in [-0.05, 0) is 29.9 Å². The zero-order valence-electron chi connectivity index (χ0n) is 14.8. The number of aromatic nitrogens is 2. The van der Waals surface area contributed by atoms with Crippen molar-refractivity contribution in [3.8, 4) is 5.75 Å². The molecule has 2 aromatic carbocycles. The number of H-pyrrole nitrogens is 2. The quantitative estimate of drug-likeness (QED) is 0.326. The van der Waals surface area contributed by atoms with Crippen molar-refractivity contribution in [1.82, 2.24) is 15.4 Å². The van der Waals surface area contributed by atoms with Crippen LogP contribution < -0.4 is 15.7 Å². The molecule has 3 aromatic rings. The molecule has 0 aliphatic rings. The Morgan fingerprint density at radius 3 is 2.64 bits per heavy atom. The maximum absolute atomic E-state index is 12.0. The van der Waals surface area contributed by atoms with E-state index in [9.17, 15) is 9.59 Å². The average Bonchev–Trinajstić information content (AvgIpc) is 2.67. The van der Waals surface area contributed by atoms with E-state index in [0.29, 0.717) is 18.1 Å². The SMILES string of the molecule is O=C(Cc1cc(=O)[nH]c(=S)[nH]1)N/N=C\c1ccccc1OCc1ccccc1. The van der Waals surface area contributed by atoms with Crippen LogP contribution in [0.3, 0.4) is 0 Å². The Balaban J connectivity index is 1.60. The van der Waals surface area contributed by atoms with Crippen LogP contribution in [0.2, 0.25) is 0 Å². The minimum Gasteiger partial charge on any atom is -0.488 e. The number of carbonyl (C=O) groups is 1. The lowest BCUT2D eigenvalue weighted by molar-refractivity contribution is -0.120. The lowest BCUT2D eigenvalue weighted by Gasteiger charge is -2.09. The molecule has 1 amide bonds. The highest BCUT2D eigenvalue weighted by Gasteiger charge is 2.05. The second-order valence-electron chi connectivity index (χ2n) is 5.90. The smallest absolute Gasteiger partial charge is 0.251 e. The first-order valence-electron chi connectivity index (χ1n) is 8.50. The number of rotatable bonds is 7. The number of benzene rings is 2. The zero-order chi connectivity index (χ0) is 19.8. The van der Waals surface area contributed by atoms with Crippen LogP contribution in [0, 0.1) is 4.77 Å². The topological polar surface area (TPSA) is 99.3 Å². The number of hydrazone groups is 1. The molecule has 8 heteroatoms. The molecule has 0 saturated heterocycles. The number of para-hydroxylation sites is 1. The van der Waals surface area contributed by atoms with Crippen molar-refractivity contribution in [3.63, 3.8) is 0 Å². The van der Waals surface area contributed by atoms with Crippen LogP contribution in [0.1, 0.15) is 16.8 Å². The van der Waals surface area contributed by atoms with Gasteiger partial charge < -0.3 is 9.72 Å². The Hall–Kier alpha value is -3.52. The summed E-state index contributed by atoms with van der Waals surface area (Å²) in [6.07, 6.45) is 1.47. The van der Waals surface area contributed by atoms with Gasteiger partial charge in [-0.1, -0.05) is 42.5 Å². The van der Waals surface area contributed by atoms with Gasteiger partial charge in [0.15, 0.2) is 4.77 Å². The maximum Gasteiger partial charge on any atom is 0.251 e. The van der Waals surface area contributed by atoms with E-state index >= 15 is 0 Å². The molecule has 0 saturated carbocycles. The average molecular weight is 394 g/mol. The summed E-state index contributed by atoms with van der Waals surface area (Å²) >= 11 is 4.88. The summed E-state index contributed by atoms with van der Waals surface area (Å²) in [6.45, 7) is 0.430. The number of nitrogens with one attached hydrogen (secondary N) is 3. The molecule has 0 bridgehead atoms. The number of hydrogen-bond donors (Lipinski definition) is 3. The third-order valence-electron chi connectivity index (χ3n) is 3.72. The molecule has 0 radical (unpaired) electrons. The second-order valence-corrected chi connectivity index (χ2v) is 6.30. The molecular weight excluding hydrogens is 376 g/mol. The van der Waals surface area contributed by atoms with Gasteiger partial charge in [-0.25, -0.2) is 5.43 Å². The molecule has 0 aliphatic carbocycles. The fraction of sp³-hybridized carbons (Fsp3) is 0.100. The summed E-state index contributed by atoms with van der Waals surface area (Å²) < 4.78 is 6.01. The van der Waals surface area contributed by atoms with Gasteiger partial charge in [-0.3, -0.25) is 14.6 Å². The molecule has 1 aromatic heterocycles. The van der Waals surface area contributed by atoms with E-state index in [-0.39, 0.29) is 22.7 Å². The van der Waals surface area contributed by atoms with Crippen molar-refractivity contribution < 1.29 is 9.53 Å². The Bertz CT molecular complexity index is 1060. The van der Waals surface area contributed by atoms with Crippen molar-refractivity contribution in [3.05, 3.63) is 92.6 Å². The number of amides is 1. The van der Waals surface area contributed by atoms with Gasteiger partial charge in [0, 0.05) is 17.3 Å². The van der Waals surface area contributed by atoms with Crippen LogP contribution in [0.4, 0.5) is 0 Å².